The average Bonchev–Trinajstić information content (AvgIpc) is 3.05. The molecule has 4 rings (SSSR count). The van der Waals surface area contributed by atoms with E-state index in [1.807, 2.05) is 30.3 Å². The number of pyridine rings is 1. The normalized spacial score (nSPS) is 16.1. The van der Waals surface area contributed by atoms with Gasteiger partial charge in [-0.25, -0.2) is 9.67 Å². The summed E-state index contributed by atoms with van der Waals surface area (Å²) in [6, 6.07) is 14.0. The standard InChI is InChI=1S/C21H24N4O2/c1-27-17-6-4-5-15(13-17)10-12-22-16-8-9-19-18(14-16)21(26)25(24-19)20-7-2-3-11-23-20/h2-7,11,13,16,22,24H,8-10,12,14H2,1H3. The van der Waals surface area contributed by atoms with E-state index in [9.17, 15) is 4.79 Å². The minimum Gasteiger partial charge on any atom is -0.497 e. The fourth-order valence-electron chi connectivity index (χ4n) is 3.67. The van der Waals surface area contributed by atoms with Crippen molar-refractivity contribution in [3.05, 3.63) is 75.8 Å². The summed E-state index contributed by atoms with van der Waals surface area (Å²) in [6.45, 7) is 0.881. The number of methoxy groups -OCH3 is 1. The summed E-state index contributed by atoms with van der Waals surface area (Å²) in [4.78, 5) is 17.1. The van der Waals surface area contributed by atoms with Gasteiger partial charge in [0.05, 0.1) is 7.11 Å². The molecule has 0 saturated heterocycles. The minimum absolute atomic E-state index is 0.0167. The van der Waals surface area contributed by atoms with E-state index < -0.39 is 0 Å². The molecule has 6 nitrogen and oxygen atoms in total. The Morgan fingerprint density at radius 2 is 2.22 bits per heavy atom. The molecule has 0 aliphatic heterocycles. The third-order valence-corrected chi connectivity index (χ3v) is 5.12. The van der Waals surface area contributed by atoms with Crippen LogP contribution in [0.3, 0.4) is 0 Å². The molecule has 2 heterocycles. The number of aromatic nitrogens is 3. The van der Waals surface area contributed by atoms with Crippen LogP contribution in [0.15, 0.2) is 53.5 Å². The van der Waals surface area contributed by atoms with Crippen LogP contribution in [0.4, 0.5) is 0 Å². The van der Waals surface area contributed by atoms with E-state index in [1.165, 1.54) is 5.56 Å². The van der Waals surface area contributed by atoms with Crippen molar-refractivity contribution in [3.63, 3.8) is 0 Å². The van der Waals surface area contributed by atoms with Gasteiger partial charge in [0.1, 0.15) is 5.75 Å². The number of fused-ring (bicyclic) bond motifs is 1. The molecule has 140 valence electrons. The zero-order valence-corrected chi connectivity index (χ0v) is 15.4. The second kappa shape index (κ2) is 7.80. The molecule has 27 heavy (non-hydrogen) atoms. The van der Waals surface area contributed by atoms with E-state index in [-0.39, 0.29) is 5.56 Å². The number of nitrogens with one attached hydrogen (secondary N) is 2. The lowest BCUT2D eigenvalue weighted by Gasteiger charge is -2.22. The highest BCUT2D eigenvalue weighted by Gasteiger charge is 2.24. The van der Waals surface area contributed by atoms with Crippen molar-refractivity contribution in [2.45, 2.75) is 31.7 Å². The first kappa shape index (κ1) is 17.5. The molecule has 0 saturated carbocycles. The lowest BCUT2D eigenvalue weighted by Crippen LogP contribution is -2.37. The van der Waals surface area contributed by atoms with Crippen LogP contribution in [0, 0.1) is 0 Å². The summed E-state index contributed by atoms with van der Waals surface area (Å²) in [5.41, 5.74) is 3.18. The van der Waals surface area contributed by atoms with Crippen LogP contribution in [-0.2, 0) is 19.3 Å². The minimum atomic E-state index is 0.0167. The van der Waals surface area contributed by atoms with E-state index in [4.69, 9.17) is 4.74 Å². The Balaban J connectivity index is 1.40. The lowest BCUT2D eigenvalue weighted by atomic mass is 9.93. The van der Waals surface area contributed by atoms with Crippen LogP contribution in [0.25, 0.3) is 5.82 Å². The number of hydrogen-bond acceptors (Lipinski definition) is 4. The molecule has 2 N–H and O–H groups in total. The van der Waals surface area contributed by atoms with Gasteiger partial charge in [0, 0.05) is 23.5 Å². The van der Waals surface area contributed by atoms with Crippen molar-refractivity contribution in [3.8, 4) is 11.6 Å². The molecule has 1 aliphatic carbocycles. The van der Waals surface area contributed by atoms with Crippen LogP contribution in [0.1, 0.15) is 23.2 Å². The SMILES string of the molecule is COc1cccc(CCNC2CCc3[nH]n(-c4ccccn4)c(=O)c3C2)c1. The summed E-state index contributed by atoms with van der Waals surface area (Å²) in [7, 11) is 1.69. The highest BCUT2D eigenvalue weighted by molar-refractivity contribution is 5.30. The van der Waals surface area contributed by atoms with Gasteiger partial charge in [0.25, 0.3) is 5.56 Å². The van der Waals surface area contributed by atoms with E-state index in [0.717, 1.165) is 49.2 Å². The molecule has 1 atom stereocenters. The van der Waals surface area contributed by atoms with Crippen LogP contribution in [-0.4, -0.2) is 34.5 Å². The van der Waals surface area contributed by atoms with Gasteiger partial charge < -0.3 is 10.1 Å². The van der Waals surface area contributed by atoms with E-state index in [0.29, 0.717) is 11.9 Å². The van der Waals surface area contributed by atoms with Crippen LogP contribution in [0.5, 0.6) is 5.75 Å². The number of ether oxygens (including phenoxy) is 1. The van der Waals surface area contributed by atoms with E-state index in [1.54, 1.807) is 18.0 Å². The number of H-pyrrole nitrogens is 1. The maximum absolute atomic E-state index is 12.8. The molecule has 0 amide bonds. The fraction of sp³-hybridized carbons (Fsp3) is 0.333. The Bertz CT molecular complexity index is 962. The second-order valence-corrected chi connectivity index (χ2v) is 6.89. The third-order valence-electron chi connectivity index (χ3n) is 5.12. The summed E-state index contributed by atoms with van der Waals surface area (Å²) in [6.07, 6.45) is 5.29. The molecule has 0 spiro atoms. The first-order valence-electron chi connectivity index (χ1n) is 9.35. The predicted molar refractivity (Wildman–Crippen MR) is 105 cm³/mol. The smallest absolute Gasteiger partial charge is 0.276 e. The number of rotatable bonds is 6. The summed E-state index contributed by atoms with van der Waals surface area (Å²) in [5.74, 6) is 1.52. The van der Waals surface area contributed by atoms with Gasteiger partial charge in [-0.2, -0.15) is 0 Å². The van der Waals surface area contributed by atoms with Crippen LogP contribution >= 0.6 is 0 Å². The first-order valence-corrected chi connectivity index (χ1v) is 9.35. The second-order valence-electron chi connectivity index (χ2n) is 6.89. The molecule has 0 bridgehead atoms. The molecule has 0 radical (unpaired) electrons. The molecule has 6 heteroatoms. The highest BCUT2D eigenvalue weighted by Crippen LogP contribution is 2.18. The molecule has 3 aromatic rings. The van der Waals surface area contributed by atoms with E-state index in [2.05, 4.69) is 27.5 Å². The fourth-order valence-corrected chi connectivity index (χ4v) is 3.67. The van der Waals surface area contributed by atoms with Gasteiger partial charge in [-0.05, 0) is 62.1 Å². The number of nitrogens with zero attached hydrogens (tertiary/aromatic N) is 2. The maximum atomic E-state index is 12.8. The number of hydrogen-bond donors (Lipinski definition) is 2. The van der Waals surface area contributed by atoms with E-state index >= 15 is 0 Å². The topological polar surface area (TPSA) is 71.9 Å². The summed E-state index contributed by atoms with van der Waals surface area (Å²) >= 11 is 0. The van der Waals surface area contributed by atoms with Gasteiger partial charge in [-0.15, -0.1) is 0 Å². The molecule has 2 aromatic heterocycles. The monoisotopic (exact) mass is 364 g/mol. The van der Waals surface area contributed by atoms with Gasteiger partial charge in [-0.1, -0.05) is 18.2 Å². The van der Waals surface area contributed by atoms with Crippen molar-refractivity contribution >= 4 is 0 Å². The van der Waals surface area contributed by atoms with Crippen LogP contribution < -0.4 is 15.6 Å². The van der Waals surface area contributed by atoms with Gasteiger partial charge in [0.15, 0.2) is 5.82 Å². The Morgan fingerprint density at radius 3 is 3.04 bits per heavy atom. The quantitative estimate of drug-likeness (QED) is 0.704. The Morgan fingerprint density at radius 1 is 1.30 bits per heavy atom. The average molecular weight is 364 g/mol. The van der Waals surface area contributed by atoms with Gasteiger partial charge in [-0.3, -0.25) is 9.89 Å². The molecule has 0 fully saturated rings. The molecule has 1 aliphatic rings. The largest absolute Gasteiger partial charge is 0.497 e. The molecular weight excluding hydrogens is 340 g/mol. The zero-order chi connectivity index (χ0) is 18.6. The van der Waals surface area contributed by atoms with Crippen molar-refractivity contribution in [1.29, 1.82) is 0 Å². The number of aryl methyl sites for hydroxylation is 1. The summed E-state index contributed by atoms with van der Waals surface area (Å²) < 4.78 is 6.83. The lowest BCUT2D eigenvalue weighted by molar-refractivity contribution is 0.414. The maximum Gasteiger partial charge on any atom is 0.276 e. The predicted octanol–water partition coefficient (Wildman–Crippen LogP) is 2.26. The van der Waals surface area contributed by atoms with Crippen molar-refractivity contribution in [2.24, 2.45) is 0 Å². The zero-order valence-electron chi connectivity index (χ0n) is 15.4. The third kappa shape index (κ3) is 3.80. The Kier molecular flexibility index (Phi) is 5.07. The van der Waals surface area contributed by atoms with Crippen molar-refractivity contribution in [1.82, 2.24) is 20.1 Å². The van der Waals surface area contributed by atoms with Crippen molar-refractivity contribution in [2.75, 3.05) is 13.7 Å². The first-order chi connectivity index (χ1) is 13.2. The Hall–Kier alpha value is -2.86. The van der Waals surface area contributed by atoms with Gasteiger partial charge >= 0.3 is 0 Å². The Labute approximate surface area is 158 Å². The summed E-state index contributed by atoms with van der Waals surface area (Å²) in [5, 5.41) is 6.84. The van der Waals surface area contributed by atoms with Crippen LogP contribution in [0.2, 0.25) is 0 Å². The molecule has 1 unspecified atom stereocenters. The molecular formula is C21H24N4O2. The highest BCUT2D eigenvalue weighted by atomic mass is 16.5. The van der Waals surface area contributed by atoms with Crippen molar-refractivity contribution < 1.29 is 4.74 Å². The van der Waals surface area contributed by atoms with Gasteiger partial charge in [0.2, 0.25) is 0 Å². The molecule has 1 aromatic carbocycles. The number of aromatic amines is 1. The number of benzene rings is 1.